The summed E-state index contributed by atoms with van der Waals surface area (Å²) in [5.74, 6) is -0.188. The van der Waals surface area contributed by atoms with Crippen molar-refractivity contribution in [3.05, 3.63) is 54.6 Å². The molecule has 0 bridgehead atoms. The van der Waals surface area contributed by atoms with Crippen LogP contribution >= 0.6 is 0 Å². The van der Waals surface area contributed by atoms with Crippen LogP contribution in [0.2, 0.25) is 0 Å². The quantitative estimate of drug-likeness (QED) is 0.573. The molecule has 4 heterocycles. The minimum Gasteiger partial charge on any atom is -0.350 e. The molecule has 0 aromatic carbocycles. The minimum absolute atomic E-state index is 0.188. The van der Waals surface area contributed by atoms with Gasteiger partial charge in [-0.25, -0.2) is 9.97 Å². The first-order valence-electron chi connectivity index (χ1n) is 8.32. The van der Waals surface area contributed by atoms with E-state index in [1.54, 1.807) is 23.4 Å². The van der Waals surface area contributed by atoms with Crippen LogP contribution in [0.5, 0.6) is 0 Å². The third-order valence-corrected chi connectivity index (χ3v) is 4.33. The number of nitrogens with zero attached hydrogens (tertiary/aromatic N) is 5. The monoisotopic (exact) mass is 349 g/mol. The zero-order valence-electron chi connectivity index (χ0n) is 14.6. The molecule has 0 aliphatic carbocycles. The van der Waals surface area contributed by atoms with Crippen LogP contribution in [0.3, 0.4) is 0 Å². The first-order chi connectivity index (χ1) is 12.6. The number of aromatic amines is 1. The van der Waals surface area contributed by atoms with Crippen LogP contribution < -0.4 is 5.32 Å². The van der Waals surface area contributed by atoms with Gasteiger partial charge in [0.1, 0.15) is 5.69 Å². The number of carbonyl (C=O) groups excluding carboxylic acids is 1. The maximum Gasteiger partial charge on any atom is 0.270 e. The van der Waals surface area contributed by atoms with Crippen LogP contribution in [-0.2, 0) is 20.5 Å². The Labute approximate surface area is 149 Å². The molecule has 1 amide bonds. The number of aromatic nitrogens is 6. The van der Waals surface area contributed by atoms with Crippen LogP contribution in [-0.4, -0.2) is 41.8 Å². The largest absolute Gasteiger partial charge is 0.350 e. The summed E-state index contributed by atoms with van der Waals surface area (Å²) in [6, 6.07) is 3.90. The van der Waals surface area contributed by atoms with E-state index in [0.717, 1.165) is 27.9 Å². The van der Waals surface area contributed by atoms with E-state index in [2.05, 4.69) is 25.4 Å². The molecule has 132 valence electrons. The van der Waals surface area contributed by atoms with Gasteiger partial charge in [0.2, 0.25) is 0 Å². The number of fused-ring (bicyclic) bond motifs is 1. The smallest absolute Gasteiger partial charge is 0.270 e. The maximum atomic E-state index is 12.8. The molecule has 0 fully saturated rings. The van der Waals surface area contributed by atoms with Crippen molar-refractivity contribution in [1.29, 1.82) is 0 Å². The lowest BCUT2D eigenvalue weighted by Crippen LogP contribution is -2.27. The molecule has 2 N–H and O–H groups in total. The lowest BCUT2D eigenvalue weighted by Gasteiger charge is -2.08. The standard InChI is InChI=1S/C18H19N7O/c1-24-6-4-14-16(24)7-15(12-8-22-25(2)10-12)23-17(14)18(26)20-5-3-13-9-19-11-21-13/h4,6-11H,3,5H2,1-2H3,(H,19,21)(H,20,26). The fourth-order valence-corrected chi connectivity index (χ4v) is 2.95. The van der Waals surface area contributed by atoms with E-state index in [0.29, 0.717) is 18.7 Å². The number of nitrogens with one attached hydrogen (secondary N) is 2. The van der Waals surface area contributed by atoms with Crippen molar-refractivity contribution in [2.24, 2.45) is 14.1 Å². The van der Waals surface area contributed by atoms with E-state index in [-0.39, 0.29) is 5.91 Å². The Morgan fingerprint density at radius 1 is 1.31 bits per heavy atom. The lowest BCUT2D eigenvalue weighted by atomic mass is 10.1. The number of amides is 1. The van der Waals surface area contributed by atoms with Gasteiger partial charge in [0.15, 0.2) is 0 Å². The number of hydrogen-bond donors (Lipinski definition) is 2. The molecule has 8 heteroatoms. The number of H-pyrrole nitrogens is 1. The molecule has 26 heavy (non-hydrogen) atoms. The molecule has 0 radical (unpaired) electrons. The molecule has 0 saturated heterocycles. The second-order valence-electron chi connectivity index (χ2n) is 6.20. The molecule has 4 aromatic rings. The van der Waals surface area contributed by atoms with Gasteiger partial charge in [-0.1, -0.05) is 0 Å². The minimum atomic E-state index is -0.188. The van der Waals surface area contributed by atoms with Crippen molar-refractivity contribution in [1.82, 2.24) is 34.6 Å². The van der Waals surface area contributed by atoms with Crippen LogP contribution in [0, 0.1) is 0 Å². The fraction of sp³-hybridized carbons (Fsp3) is 0.222. The summed E-state index contributed by atoms with van der Waals surface area (Å²) in [6.07, 6.45) is 9.63. The Balaban J connectivity index is 1.65. The zero-order chi connectivity index (χ0) is 18.1. The number of pyridine rings is 1. The molecule has 4 rings (SSSR count). The number of hydrogen-bond acceptors (Lipinski definition) is 4. The molecular weight excluding hydrogens is 330 g/mol. The van der Waals surface area contributed by atoms with Crippen molar-refractivity contribution >= 4 is 16.8 Å². The predicted molar refractivity (Wildman–Crippen MR) is 97.5 cm³/mol. The zero-order valence-corrected chi connectivity index (χ0v) is 14.6. The van der Waals surface area contributed by atoms with Crippen LogP contribution in [0.15, 0.2) is 43.2 Å². The summed E-state index contributed by atoms with van der Waals surface area (Å²) in [4.78, 5) is 24.4. The molecule has 0 unspecified atom stereocenters. The van der Waals surface area contributed by atoms with Gasteiger partial charge < -0.3 is 14.9 Å². The van der Waals surface area contributed by atoms with E-state index in [1.807, 2.05) is 43.2 Å². The van der Waals surface area contributed by atoms with Crippen LogP contribution in [0.1, 0.15) is 16.2 Å². The Bertz CT molecular complexity index is 1060. The average molecular weight is 349 g/mol. The van der Waals surface area contributed by atoms with Gasteiger partial charge in [-0.3, -0.25) is 9.48 Å². The highest BCUT2D eigenvalue weighted by molar-refractivity contribution is 6.05. The number of rotatable bonds is 5. The molecule has 0 saturated carbocycles. The van der Waals surface area contributed by atoms with Gasteiger partial charge in [0.25, 0.3) is 5.91 Å². The summed E-state index contributed by atoms with van der Waals surface area (Å²) >= 11 is 0. The molecule has 0 atom stereocenters. The highest BCUT2D eigenvalue weighted by atomic mass is 16.1. The summed E-state index contributed by atoms with van der Waals surface area (Å²) in [5, 5.41) is 7.97. The number of aryl methyl sites for hydroxylation is 2. The van der Waals surface area contributed by atoms with Gasteiger partial charge in [0, 0.05) is 62.3 Å². The first-order valence-corrected chi connectivity index (χ1v) is 8.32. The molecule has 0 aliphatic heterocycles. The average Bonchev–Trinajstić information content (AvgIpc) is 3.37. The van der Waals surface area contributed by atoms with Gasteiger partial charge >= 0.3 is 0 Å². The van der Waals surface area contributed by atoms with Crippen LogP contribution in [0.25, 0.3) is 22.2 Å². The molecular formula is C18H19N7O. The molecule has 0 spiro atoms. The summed E-state index contributed by atoms with van der Waals surface area (Å²) in [6.45, 7) is 0.508. The second kappa shape index (κ2) is 6.47. The van der Waals surface area contributed by atoms with Gasteiger partial charge in [-0.2, -0.15) is 5.10 Å². The van der Waals surface area contributed by atoms with E-state index in [1.165, 1.54) is 0 Å². The summed E-state index contributed by atoms with van der Waals surface area (Å²) in [7, 11) is 3.81. The van der Waals surface area contributed by atoms with Crippen molar-refractivity contribution in [2.45, 2.75) is 6.42 Å². The van der Waals surface area contributed by atoms with Crippen molar-refractivity contribution in [3.8, 4) is 11.3 Å². The molecule has 4 aromatic heterocycles. The molecule has 0 aliphatic rings. The fourth-order valence-electron chi connectivity index (χ4n) is 2.95. The Kier molecular flexibility index (Phi) is 4.00. The molecule has 8 nitrogen and oxygen atoms in total. The normalized spacial score (nSPS) is 11.2. The highest BCUT2D eigenvalue weighted by Gasteiger charge is 2.17. The second-order valence-corrected chi connectivity index (χ2v) is 6.20. The van der Waals surface area contributed by atoms with Crippen molar-refractivity contribution in [3.63, 3.8) is 0 Å². The number of carbonyl (C=O) groups is 1. The Hall–Kier alpha value is -3.42. The van der Waals surface area contributed by atoms with E-state index in [4.69, 9.17) is 0 Å². The Morgan fingerprint density at radius 3 is 2.92 bits per heavy atom. The van der Waals surface area contributed by atoms with Gasteiger partial charge in [0.05, 0.1) is 23.7 Å². The lowest BCUT2D eigenvalue weighted by molar-refractivity contribution is 0.0951. The third kappa shape index (κ3) is 2.97. The predicted octanol–water partition coefficient (Wildman–Crippen LogP) is 1.67. The third-order valence-electron chi connectivity index (χ3n) is 4.33. The van der Waals surface area contributed by atoms with Gasteiger partial charge in [-0.15, -0.1) is 0 Å². The summed E-state index contributed by atoms with van der Waals surface area (Å²) in [5.41, 5.74) is 3.96. The van der Waals surface area contributed by atoms with E-state index in [9.17, 15) is 4.79 Å². The Morgan fingerprint density at radius 2 is 2.19 bits per heavy atom. The van der Waals surface area contributed by atoms with Crippen molar-refractivity contribution < 1.29 is 4.79 Å². The first kappa shape index (κ1) is 16.1. The van der Waals surface area contributed by atoms with Crippen LogP contribution in [0.4, 0.5) is 0 Å². The van der Waals surface area contributed by atoms with Crippen molar-refractivity contribution in [2.75, 3.05) is 6.54 Å². The van der Waals surface area contributed by atoms with Gasteiger partial charge in [-0.05, 0) is 12.1 Å². The van der Waals surface area contributed by atoms with E-state index < -0.39 is 0 Å². The maximum absolute atomic E-state index is 12.8. The number of imidazole rings is 1. The SMILES string of the molecule is Cn1cc(-c2cc3c(ccn3C)c(C(=O)NCCc3cnc[nH]3)n2)cn1. The summed E-state index contributed by atoms with van der Waals surface area (Å²) < 4.78 is 3.70. The topological polar surface area (TPSA) is 93.4 Å². The highest BCUT2D eigenvalue weighted by Crippen LogP contribution is 2.25. The van der Waals surface area contributed by atoms with E-state index >= 15 is 0 Å².